The maximum Gasteiger partial charge on any atom is 0 e. The van der Waals surface area contributed by atoms with Crippen molar-refractivity contribution in [3.63, 3.8) is 0 Å². The molecule has 0 saturated heterocycles. The average Bonchev–Trinajstić information content (AvgIpc) is 3.10. The molecule has 2 heteroatoms. The first-order valence-corrected chi connectivity index (χ1v) is 17.7. The van der Waals surface area contributed by atoms with E-state index in [9.17, 15) is 0 Å². The SMILES string of the molecule is CC1CCC(c2ccc(-c3cc[c-]cc3)cc2)CC1.CC1CCC(c2ccc(-c3ccc(C4CC[CH-]CC4)cc3)cc2)CC1.[Y].[Y]. The zero-order valence-electron chi connectivity index (χ0n) is 28.3. The van der Waals surface area contributed by atoms with E-state index in [1.807, 2.05) is 12.1 Å². The monoisotopic (exact) mass is 758 g/mol. The third-order valence-electron chi connectivity index (χ3n) is 11.0. The van der Waals surface area contributed by atoms with Gasteiger partial charge in [0.25, 0.3) is 0 Å². The quantitative estimate of drug-likeness (QED) is 0.178. The van der Waals surface area contributed by atoms with Gasteiger partial charge >= 0.3 is 0 Å². The van der Waals surface area contributed by atoms with Crippen LogP contribution >= 0.6 is 0 Å². The van der Waals surface area contributed by atoms with Crippen molar-refractivity contribution in [1.82, 2.24) is 0 Å². The fourth-order valence-corrected chi connectivity index (χ4v) is 7.87. The molecule has 4 aromatic rings. The average molecular weight is 759 g/mol. The number of hydrogen-bond donors (Lipinski definition) is 0. The first-order chi connectivity index (χ1) is 21.6. The summed E-state index contributed by atoms with van der Waals surface area (Å²) in [5.41, 5.74) is 9.91. The van der Waals surface area contributed by atoms with Gasteiger partial charge in [-0.3, -0.25) is 0 Å². The van der Waals surface area contributed by atoms with Gasteiger partial charge in [0.2, 0.25) is 0 Å². The number of rotatable bonds is 5. The molecule has 7 rings (SSSR count). The predicted octanol–water partition coefficient (Wildman–Crippen LogP) is 13.0. The van der Waals surface area contributed by atoms with Crippen LogP contribution in [-0.2, 0) is 65.4 Å². The standard InChI is InChI=1S/C25H31.C19H21.2Y/c1-19-7-9-21(10-8-19)23-15-17-25(18-16-23)24-13-11-22(12-14-24)20-5-3-2-4-6-20;1-15-7-9-17(10-8-15)19-13-11-18(12-14-19)16-5-3-2-4-6-16;;/h2,11-21H,3-10H2,1H3;3-6,11-15,17H,7-10H2,1H3;;/q2*-1;;. The Balaban J connectivity index is 0.000000207. The van der Waals surface area contributed by atoms with Crippen molar-refractivity contribution in [2.24, 2.45) is 11.8 Å². The van der Waals surface area contributed by atoms with Crippen molar-refractivity contribution in [2.75, 3.05) is 0 Å². The van der Waals surface area contributed by atoms with Crippen molar-refractivity contribution in [3.8, 4) is 22.3 Å². The number of benzene rings is 4. The molecule has 2 radical (unpaired) electrons. The molecule has 0 bridgehead atoms. The third-order valence-corrected chi connectivity index (χ3v) is 11.0. The molecule has 0 atom stereocenters. The van der Waals surface area contributed by atoms with E-state index in [4.69, 9.17) is 0 Å². The van der Waals surface area contributed by atoms with Crippen LogP contribution in [0.3, 0.4) is 0 Å². The molecular weight excluding hydrogens is 706 g/mol. The van der Waals surface area contributed by atoms with Crippen molar-refractivity contribution >= 4 is 0 Å². The summed E-state index contributed by atoms with van der Waals surface area (Å²) in [7, 11) is 0. The first kappa shape index (κ1) is 37.9. The molecule has 3 aliphatic rings. The first-order valence-electron chi connectivity index (χ1n) is 17.7. The van der Waals surface area contributed by atoms with Crippen LogP contribution in [0.4, 0.5) is 0 Å². The molecule has 236 valence electrons. The molecule has 0 unspecified atom stereocenters. The largest absolute Gasteiger partial charge is 0.328 e. The minimum absolute atomic E-state index is 0. The van der Waals surface area contributed by atoms with E-state index in [0.717, 1.165) is 29.6 Å². The van der Waals surface area contributed by atoms with Crippen LogP contribution in [0.25, 0.3) is 22.3 Å². The summed E-state index contributed by atoms with van der Waals surface area (Å²) in [4.78, 5) is 0. The normalized spacial score (nSPS) is 23.2. The topological polar surface area (TPSA) is 0 Å². The van der Waals surface area contributed by atoms with Crippen molar-refractivity contribution < 1.29 is 65.4 Å². The van der Waals surface area contributed by atoms with Gasteiger partial charge < -0.3 is 6.42 Å². The fourth-order valence-electron chi connectivity index (χ4n) is 7.87. The summed E-state index contributed by atoms with van der Waals surface area (Å²) in [5, 5.41) is 0. The number of hydrogen-bond acceptors (Lipinski definition) is 0. The van der Waals surface area contributed by atoms with Gasteiger partial charge in [0.1, 0.15) is 0 Å². The van der Waals surface area contributed by atoms with Gasteiger partial charge in [0, 0.05) is 65.4 Å². The molecule has 4 aromatic carbocycles. The molecule has 0 spiro atoms. The van der Waals surface area contributed by atoms with Crippen molar-refractivity contribution in [1.29, 1.82) is 0 Å². The van der Waals surface area contributed by atoms with Crippen LogP contribution in [0.15, 0.2) is 97.1 Å². The molecule has 0 N–H and O–H groups in total. The van der Waals surface area contributed by atoms with Crippen molar-refractivity contribution in [3.05, 3.63) is 126 Å². The Bertz CT molecular complexity index is 1390. The van der Waals surface area contributed by atoms with Crippen LogP contribution in [0, 0.1) is 24.3 Å². The Labute approximate surface area is 331 Å². The zero-order valence-corrected chi connectivity index (χ0v) is 34.0. The molecule has 0 aliphatic heterocycles. The molecule has 0 aromatic heterocycles. The second-order valence-electron chi connectivity index (χ2n) is 14.2. The maximum atomic E-state index is 3.07. The van der Waals surface area contributed by atoms with E-state index in [2.05, 4.69) is 111 Å². The Hall–Kier alpha value is -0.912. The van der Waals surface area contributed by atoms with E-state index in [0.29, 0.717) is 0 Å². The zero-order chi connectivity index (χ0) is 30.1. The Morgan fingerprint density at radius 2 is 0.717 bits per heavy atom. The summed E-state index contributed by atoms with van der Waals surface area (Å²) in [6.45, 7) is 4.78. The molecule has 3 fully saturated rings. The van der Waals surface area contributed by atoms with Gasteiger partial charge in [0.05, 0.1) is 0 Å². The second kappa shape index (κ2) is 19.3. The molecule has 0 heterocycles. The van der Waals surface area contributed by atoms with Gasteiger partial charge in [0.15, 0.2) is 0 Å². The minimum Gasteiger partial charge on any atom is -0.328 e. The second-order valence-corrected chi connectivity index (χ2v) is 14.2. The van der Waals surface area contributed by atoms with Gasteiger partial charge in [-0.2, -0.15) is 43.2 Å². The Morgan fingerprint density at radius 1 is 0.413 bits per heavy atom. The van der Waals surface area contributed by atoms with Gasteiger partial charge in [-0.1, -0.05) is 125 Å². The van der Waals surface area contributed by atoms with Crippen LogP contribution in [0.5, 0.6) is 0 Å². The molecular formula is C44H52Y2-2. The van der Waals surface area contributed by atoms with Crippen LogP contribution in [0.1, 0.15) is 125 Å². The minimum atomic E-state index is 0. The smallest absolute Gasteiger partial charge is 0 e. The summed E-state index contributed by atoms with van der Waals surface area (Å²) in [6, 6.07) is 39.2. The molecule has 46 heavy (non-hydrogen) atoms. The summed E-state index contributed by atoms with van der Waals surface area (Å²) in [6.07, 6.45) is 18.7. The van der Waals surface area contributed by atoms with E-state index in [1.54, 1.807) is 5.56 Å². The summed E-state index contributed by atoms with van der Waals surface area (Å²) < 4.78 is 0. The van der Waals surface area contributed by atoms with Crippen LogP contribution in [-0.4, -0.2) is 0 Å². The molecule has 0 amide bonds. The molecule has 3 aliphatic carbocycles. The van der Waals surface area contributed by atoms with Gasteiger partial charge in [-0.15, -0.1) is 5.56 Å². The van der Waals surface area contributed by atoms with Crippen molar-refractivity contribution in [2.45, 2.75) is 109 Å². The van der Waals surface area contributed by atoms with E-state index >= 15 is 0 Å². The molecule has 3 saturated carbocycles. The van der Waals surface area contributed by atoms with Gasteiger partial charge in [-0.25, -0.2) is 0 Å². The van der Waals surface area contributed by atoms with E-state index in [1.165, 1.54) is 110 Å². The Morgan fingerprint density at radius 3 is 1.07 bits per heavy atom. The maximum absolute atomic E-state index is 3.07. The summed E-state index contributed by atoms with van der Waals surface area (Å²) >= 11 is 0. The molecule has 0 nitrogen and oxygen atoms in total. The third kappa shape index (κ3) is 10.5. The van der Waals surface area contributed by atoms with Crippen LogP contribution < -0.4 is 0 Å². The predicted molar refractivity (Wildman–Crippen MR) is 189 cm³/mol. The van der Waals surface area contributed by atoms with Crippen LogP contribution in [0.2, 0.25) is 0 Å². The van der Waals surface area contributed by atoms with E-state index < -0.39 is 0 Å². The Kier molecular flexibility index (Phi) is 15.9. The fraction of sp³-hybridized carbons (Fsp3) is 0.432. The van der Waals surface area contributed by atoms with E-state index in [-0.39, 0.29) is 65.4 Å². The van der Waals surface area contributed by atoms with Gasteiger partial charge in [-0.05, 0) is 88.7 Å². The summed E-state index contributed by atoms with van der Waals surface area (Å²) in [5.74, 6) is 4.20.